The molecule has 0 spiro atoms. The van der Waals surface area contributed by atoms with E-state index in [1.165, 1.54) is 56.2 Å². The Morgan fingerprint density at radius 3 is 2.14 bits per heavy atom. The van der Waals surface area contributed by atoms with Crippen LogP contribution in [0.5, 0.6) is 0 Å². The van der Waals surface area contributed by atoms with Gasteiger partial charge in [-0.1, -0.05) is 6.42 Å². The molecule has 0 saturated carbocycles. The number of halogens is 1. The Morgan fingerprint density at radius 2 is 1.57 bits per heavy atom. The van der Waals surface area contributed by atoms with Crippen molar-refractivity contribution in [2.24, 2.45) is 0 Å². The third-order valence-corrected chi connectivity index (χ3v) is 3.25. The number of quaternary nitrogens is 1. The molecule has 0 bridgehead atoms. The normalized spacial score (nSPS) is 19.3. The van der Waals surface area contributed by atoms with Crippen molar-refractivity contribution in [3.05, 3.63) is 0 Å². The van der Waals surface area contributed by atoms with E-state index >= 15 is 0 Å². The molecule has 1 heterocycles. The van der Waals surface area contributed by atoms with Crippen molar-refractivity contribution in [1.29, 1.82) is 0 Å². The second-order valence-corrected chi connectivity index (χ2v) is 4.64. The number of hydrogen-bond donors (Lipinski definition) is 1. The molecular weight excluding hydrogens is 198 g/mol. The maximum absolute atomic E-state index is 8.62. The summed E-state index contributed by atoms with van der Waals surface area (Å²) in [5.74, 6) is 0. The average molecular weight is 222 g/mol. The van der Waals surface area contributed by atoms with Crippen molar-refractivity contribution in [1.82, 2.24) is 0 Å². The van der Waals surface area contributed by atoms with Crippen LogP contribution in [0.15, 0.2) is 0 Å². The first-order chi connectivity index (χ1) is 6.27. The summed E-state index contributed by atoms with van der Waals surface area (Å²) in [5.41, 5.74) is 0. The van der Waals surface area contributed by atoms with Crippen LogP contribution in [0.4, 0.5) is 0 Å². The van der Waals surface area contributed by atoms with Gasteiger partial charge < -0.3 is 22.0 Å². The van der Waals surface area contributed by atoms with E-state index in [1.807, 2.05) is 0 Å². The van der Waals surface area contributed by atoms with Gasteiger partial charge in [-0.25, -0.2) is 0 Å². The molecule has 14 heavy (non-hydrogen) atoms. The predicted molar refractivity (Wildman–Crippen MR) is 55.6 cm³/mol. The molecule has 1 fully saturated rings. The van der Waals surface area contributed by atoms with Crippen molar-refractivity contribution in [3.8, 4) is 0 Å². The van der Waals surface area contributed by atoms with E-state index in [-0.39, 0.29) is 12.4 Å². The van der Waals surface area contributed by atoms with Crippen LogP contribution < -0.4 is 12.4 Å². The highest BCUT2D eigenvalue weighted by Crippen LogP contribution is 2.17. The van der Waals surface area contributed by atoms with Crippen molar-refractivity contribution in [2.45, 2.75) is 38.5 Å². The first-order valence-corrected chi connectivity index (χ1v) is 5.71. The summed E-state index contributed by atoms with van der Waals surface area (Å²) >= 11 is 0. The van der Waals surface area contributed by atoms with Gasteiger partial charge in [-0.3, -0.25) is 0 Å². The Labute approximate surface area is 94.3 Å². The lowest BCUT2D eigenvalue weighted by atomic mass is 10.2. The topological polar surface area (TPSA) is 20.2 Å². The molecular formula is C11H24ClNO. The molecule has 0 amide bonds. The van der Waals surface area contributed by atoms with Gasteiger partial charge in [0, 0.05) is 19.4 Å². The molecule has 1 aliphatic rings. The molecule has 0 atom stereocenters. The zero-order chi connectivity index (χ0) is 9.57. The fourth-order valence-corrected chi connectivity index (χ4v) is 2.28. The van der Waals surface area contributed by atoms with Crippen molar-refractivity contribution < 1.29 is 22.0 Å². The summed E-state index contributed by atoms with van der Waals surface area (Å²) in [6, 6.07) is 0. The molecule has 3 heteroatoms. The van der Waals surface area contributed by atoms with E-state index in [0.29, 0.717) is 6.61 Å². The highest BCUT2D eigenvalue weighted by Gasteiger charge is 2.25. The number of rotatable bonds is 6. The highest BCUT2D eigenvalue weighted by molar-refractivity contribution is 4.52. The van der Waals surface area contributed by atoms with Crippen LogP contribution >= 0.6 is 0 Å². The fraction of sp³-hybridized carbons (Fsp3) is 1.00. The Morgan fingerprint density at radius 1 is 1.00 bits per heavy atom. The first-order valence-electron chi connectivity index (χ1n) is 5.71. The monoisotopic (exact) mass is 221 g/mol. The van der Waals surface area contributed by atoms with E-state index in [1.54, 1.807) is 0 Å². The highest BCUT2D eigenvalue weighted by atomic mass is 35.5. The smallest absolute Gasteiger partial charge is 0.0786 e. The molecule has 1 aliphatic heterocycles. The second-order valence-electron chi connectivity index (χ2n) is 4.64. The molecule has 2 nitrogen and oxygen atoms in total. The molecule has 1 saturated heterocycles. The van der Waals surface area contributed by atoms with Gasteiger partial charge in [0.05, 0.1) is 26.7 Å². The fourth-order valence-electron chi connectivity index (χ4n) is 2.28. The van der Waals surface area contributed by atoms with Crippen LogP contribution in [0.1, 0.15) is 38.5 Å². The number of likely N-dealkylation sites (tertiary alicyclic amines) is 1. The minimum atomic E-state index is 0. The molecule has 1 rings (SSSR count). The van der Waals surface area contributed by atoms with Crippen LogP contribution in [0.25, 0.3) is 0 Å². The van der Waals surface area contributed by atoms with E-state index < -0.39 is 0 Å². The maximum atomic E-state index is 8.62. The average Bonchev–Trinajstić information content (AvgIpc) is 2.53. The Hall–Kier alpha value is 0.210. The van der Waals surface area contributed by atoms with E-state index in [9.17, 15) is 0 Å². The van der Waals surface area contributed by atoms with Crippen LogP contribution in [0.2, 0.25) is 0 Å². The summed E-state index contributed by atoms with van der Waals surface area (Å²) in [4.78, 5) is 0. The third-order valence-electron chi connectivity index (χ3n) is 3.25. The summed E-state index contributed by atoms with van der Waals surface area (Å²) < 4.78 is 1.30. The lowest BCUT2D eigenvalue weighted by Gasteiger charge is -2.29. The number of aliphatic hydroxyl groups excluding tert-OH is 1. The van der Waals surface area contributed by atoms with Crippen molar-refractivity contribution >= 4 is 0 Å². The summed E-state index contributed by atoms with van der Waals surface area (Å²) in [5, 5.41) is 8.62. The largest absolute Gasteiger partial charge is 1.00 e. The summed E-state index contributed by atoms with van der Waals surface area (Å²) in [6.07, 6.45) is 7.69. The molecule has 86 valence electrons. The third kappa shape index (κ3) is 5.18. The number of aliphatic hydroxyl groups is 1. The van der Waals surface area contributed by atoms with E-state index in [4.69, 9.17) is 5.11 Å². The molecule has 0 unspecified atom stereocenters. The molecule has 0 radical (unpaired) electrons. The van der Waals surface area contributed by atoms with Crippen LogP contribution in [0, 0.1) is 0 Å². The maximum Gasteiger partial charge on any atom is 0.0786 e. The lowest BCUT2D eigenvalue weighted by Crippen LogP contribution is -3.00. The van der Waals surface area contributed by atoms with Gasteiger partial charge in [-0.2, -0.15) is 0 Å². The zero-order valence-corrected chi connectivity index (χ0v) is 10.1. The van der Waals surface area contributed by atoms with Crippen LogP contribution in [-0.2, 0) is 0 Å². The van der Waals surface area contributed by atoms with Crippen molar-refractivity contribution in [2.75, 3.05) is 33.3 Å². The molecule has 0 aromatic heterocycles. The van der Waals surface area contributed by atoms with Gasteiger partial charge in [0.15, 0.2) is 0 Å². The summed E-state index contributed by atoms with van der Waals surface area (Å²) in [7, 11) is 2.39. The standard InChI is InChI=1S/C11H24NO.ClH/c1-12(9-5-6-10-12)8-4-2-3-7-11-13;/h13H,2-11H2,1H3;1H/q+1;/p-1. The zero-order valence-electron chi connectivity index (χ0n) is 9.34. The number of unbranched alkanes of at least 4 members (excludes halogenated alkanes) is 3. The first kappa shape index (κ1) is 14.2. The number of nitrogens with zero attached hydrogens (tertiary/aromatic N) is 1. The van der Waals surface area contributed by atoms with E-state index in [0.717, 1.165) is 6.42 Å². The quantitative estimate of drug-likeness (QED) is 0.441. The van der Waals surface area contributed by atoms with Crippen LogP contribution in [0.3, 0.4) is 0 Å². The van der Waals surface area contributed by atoms with Gasteiger partial charge >= 0.3 is 0 Å². The molecule has 1 N–H and O–H groups in total. The Balaban J connectivity index is 0.00000169. The van der Waals surface area contributed by atoms with Gasteiger partial charge in [-0.15, -0.1) is 0 Å². The van der Waals surface area contributed by atoms with Crippen molar-refractivity contribution in [3.63, 3.8) is 0 Å². The van der Waals surface area contributed by atoms with Gasteiger partial charge in [0.2, 0.25) is 0 Å². The number of hydrogen-bond acceptors (Lipinski definition) is 1. The summed E-state index contributed by atoms with van der Waals surface area (Å²) in [6.45, 7) is 4.50. The van der Waals surface area contributed by atoms with Gasteiger partial charge in [0.1, 0.15) is 0 Å². The molecule has 0 aromatic rings. The predicted octanol–water partition coefficient (Wildman–Crippen LogP) is -1.22. The van der Waals surface area contributed by atoms with Crippen LogP contribution in [-0.4, -0.2) is 42.9 Å². The lowest BCUT2D eigenvalue weighted by molar-refractivity contribution is -0.897. The second kappa shape index (κ2) is 7.49. The van der Waals surface area contributed by atoms with E-state index in [2.05, 4.69) is 7.05 Å². The Bertz CT molecular complexity index is 135. The molecule has 0 aliphatic carbocycles. The SMILES string of the molecule is C[N+]1(CCCCCCO)CCCC1.[Cl-]. The minimum Gasteiger partial charge on any atom is -1.00 e. The minimum absolute atomic E-state index is 0. The van der Waals surface area contributed by atoms with Gasteiger partial charge in [0.25, 0.3) is 0 Å². The molecule has 0 aromatic carbocycles. The van der Waals surface area contributed by atoms with Gasteiger partial charge in [-0.05, 0) is 19.3 Å². The Kier molecular flexibility index (Phi) is 7.61.